The second-order valence-electron chi connectivity index (χ2n) is 5.78. The van der Waals surface area contributed by atoms with E-state index in [1.807, 2.05) is 0 Å². The zero-order valence-electron chi connectivity index (χ0n) is 13.3. The molecule has 132 valence electrons. The van der Waals surface area contributed by atoms with Gasteiger partial charge in [0.05, 0.1) is 11.1 Å². The van der Waals surface area contributed by atoms with Crippen LogP contribution in [0.25, 0.3) is 0 Å². The molecule has 2 heterocycles. The molecule has 3 rings (SSSR count). The molecule has 25 heavy (non-hydrogen) atoms. The van der Waals surface area contributed by atoms with Gasteiger partial charge in [0, 0.05) is 17.6 Å². The normalized spacial score (nSPS) is 16.6. The van der Waals surface area contributed by atoms with Crippen molar-refractivity contribution in [3.8, 4) is 5.75 Å². The van der Waals surface area contributed by atoms with Gasteiger partial charge in [-0.25, -0.2) is 0 Å². The van der Waals surface area contributed by atoms with Crippen LogP contribution in [0.4, 0.5) is 5.00 Å². The van der Waals surface area contributed by atoms with Crippen molar-refractivity contribution in [3.05, 3.63) is 45.8 Å². The molecule has 1 aromatic heterocycles. The minimum Gasteiger partial charge on any atom is -0.507 e. The number of benzene rings is 1. The first kappa shape index (κ1) is 17.7. The molecule has 0 spiro atoms. The van der Waals surface area contributed by atoms with Crippen molar-refractivity contribution < 1.29 is 14.7 Å². The van der Waals surface area contributed by atoms with Gasteiger partial charge in [-0.05, 0) is 49.0 Å². The quantitative estimate of drug-likeness (QED) is 0.643. The van der Waals surface area contributed by atoms with Gasteiger partial charge in [0.2, 0.25) is 0 Å². The molecule has 1 saturated heterocycles. The standard InChI is InChI=1S/C17H18ClN3O3S/c18-10-3-4-12(14(22)8-10)16(24)21-17-13(5-7-25-17)15(23)20-9-11-2-1-6-19-11/h3-5,7-8,11,19,22H,1-2,6,9H2,(H,20,23)(H,21,24). The maximum Gasteiger partial charge on any atom is 0.260 e. The Morgan fingerprint density at radius 1 is 1.28 bits per heavy atom. The molecule has 6 nitrogen and oxygen atoms in total. The highest BCUT2D eigenvalue weighted by molar-refractivity contribution is 7.14. The highest BCUT2D eigenvalue weighted by Crippen LogP contribution is 2.27. The molecule has 1 atom stereocenters. The SMILES string of the molecule is O=C(Nc1sccc1C(=O)NCC1CCCN1)c1ccc(Cl)cc1O. The highest BCUT2D eigenvalue weighted by atomic mass is 35.5. The fraction of sp³-hybridized carbons (Fsp3) is 0.294. The number of thiophene rings is 1. The molecule has 1 aliphatic heterocycles. The van der Waals surface area contributed by atoms with Crippen molar-refractivity contribution in [2.24, 2.45) is 0 Å². The second kappa shape index (κ2) is 7.86. The van der Waals surface area contributed by atoms with Crippen molar-refractivity contribution in [3.63, 3.8) is 0 Å². The van der Waals surface area contributed by atoms with Crippen molar-refractivity contribution in [2.45, 2.75) is 18.9 Å². The number of halogens is 1. The number of phenolic OH excluding ortho intramolecular Hbond substituents is 1. The molecular formula is C17H18ClN3O3S. The fourth-order valence-corrected chi connectivity index (χ4v) is 3.64. The van der Waals surface area contributed by atoms with Gasteiger partial charge in [-0.3, -0.25) is 9.59 Å². The largest absolute Gasteiger partial charge is 0.507 e. The summed E-state index contributed by atoms with van der Waals surface area (Å²) >= 11 is 7.02. The Morgan fingerprint density at radius 2 is 2.12 bits per heavy atom. The Morgan fingerprint density at radius 3 is 2.84 bits per heavy atom. The summed E-state index contributed by atoms with van der Waals surface area (Å²) in [5.41, 5.74) is 0.504. The predicted octanol–water partition coefficient (Wildman–Crippen LogP) is 2.84. The minimum atomic E-state index is -0.497. The Balaban J connectivity index is 1.66. The van der Waals surface area contributed by atoms with Crippen molar-refractivity contribution in [2.75, 3.05) is 18.4 Å². The molecule has 2 aromatic rings. The Bertz CT molecular complexity index is 787. The molecule has 0 bridgehead atoms. The van der Waals surface area contributed by atoms with Crippen LogP contribution in [-0.2, 0) is 0 Å². The van der Waals surface area contributed by atoms with Gasteiger partial charge in [-0.1, -0.05) is 11.6 Å². The van der Waals surface area contributed by atoms with Crippen LogP contribution < -0.4 is 16.0 Å². The lowest BCUT2D eigenvalue weighted by atomic mass is 10.2. The summed E-state index contributed by atoms with van der Waals surface area (Å²) in [7, 11) is 0. The van der Waals surface area contributed by atoms with Gasteiger partial charge >= 0.3 is 0 Å². The number of phenols is 1. The topological polar surface area (TPSA) is 90.5 Å². The lowest BCUT2D eigenvalue weighted by Crippen LogP contribution is -2.37. The summed E-state index contributed by atoms with van der Waals surface area (Å²) in [6.07, 6.45) is 2.16. The summed E-state index contributed by atoms with van der Waals surface area (Å²) in [6, 6.07) is 6.22. The third kappa shape index (κ3) is 4.31. The summed E-state index contributed by atoms with van der Waals surface area (Å²) in [5, 5.41) is 21.2. The third-order valence-electron chi connectivity index (χ3n) is 4.01. The van der Waals surface area contributed by atoms with Crippen LogP contribution in [0.15, 0.2) is 29.6 Å². The molecule has 0 saturated carbocycles. The number of carbonyl (C=O) groups excluding carboxylic acids is 2. The van der Waals surface area contributed by atoms with Crippen LogP contribution in [0.3, 0.4) is 0 Å². The number of amides is 2. The average molecular weight is 380 g/mol. The van der Waals surface area contributed by atoms with Gasteiger partial charge in [0.1, 0.15) is 10.8 Å². The van der Waals surface area contributed by atoms with E-state index >= 15 is 0 Å². The zero-order chi connectivity index (χ0) is 17.8. The van der Waals surface area contributed by atoms with Crippen molar-refractivity contribution >= 4 is 39.8 Å². The van der Waals surface area contributed by atoms with Gasteiger partial charge in [0.15, 0.2) is 0 Å². The molecule has 1 aliphatic rings. The molecule has 0 radical (unpaired) electrons. The van der Waals surface area contributed by atoms with Gasteiger partial charge in [0.25, 0.3) is 11.8 Å². The van der Waals surface area contributed by atoms with E-state index in [0.717, 1.165) is 19.4 Å². The first-order chi connectivity index (χ1) is 12.0. The molecule has 1 aromatic carbocycles. The van der Waals surface area contributed by atoms with Gasteiger partial charge < -0.3 is 21.1 Å². The molecule has 8 heteroatoms. The lowest BCUT2D eigenvalue weighted by molar-refractivity contribution is 0.0951. The number of hydrogen-bond acceptors (Lipinski definition) is 5. The highest BCUT2D eigenvalue weighted by Gasteiger charge is 2.19. The monoisotopic (exact) mass is 379 g/mol. The maximum absolute atomic E-state index is 12.4. The van der Waals surface area contributed by atoms with Crippen LogP contribution in [-0.4, -0.2) is 36.1 Å². The second-order valence-corrected chi connectivity index (χ2v) is 7.13. The predicted molar refractivity (Wildman–Crippen MR) is 98.7 cm³/mol. The minimum absolute atomic E-state index is 0.0966. The molecule has 0 aliphatic carbocycles. The zero-order valence-corrected chi connectivity index (χ0v) is 14.9. The van der Waals surface area contributed by atoms with Crippen LogP contribution in [0.5, 0.6) is 5.75 Å². The van der Waals surface area contributed by atoms with Crippen LogP contribution in [0, 0.1) is 0 Å². The molecular weight excluding hydrogens is 362 g/mol. The fourth-order valence-electron chi connectivity index (χ4n) is 2.69. The summed E-state index contributed by atoms with van der Waals surface area (Å²) in [5.74, 6) is -0.937. The Kier molecular flexibility index (Phi) is 5.57. The Labute approximate surface area is 154 Å². The lowest BCUT2D eigenvalue weighted by Gasteiger charge is -2.12. The third-order valence-corrected chi connectivity index (χ3v) is 5.08. The van der Waals surface area contributed by atoms with Gasteiger partial charge in [-0.2, -0.15) is 0 Å². The summed E-state index contributed by atoms with van der Waals surface area (Å²) in [6.45, 7) is 1.53. The number of nitrogens with one attached hydrogen (secondary N) is 3. The number of carbonyl (C=O) groups is 2. The van der Waals surface area contributed by atoms with Crippen LogP contribution >= 0.6 is 22.9 Å². The smallest absolute Gasteiger partial charge is 0.260 e. The van der Waals surface area contributed by atoms with E-state index in [-0.39, 0.29) is 17.2 Å². The van der Waals surface area contributed by atoms with Crippen LogP contribution in [0.1, 0.15) is 33.6 Å². The number of hydrogen-bond donors (Lipinski definition) is 4. The van der Waals surface area contributed by atoms with E-state index in [0.29, 0.717) is 28.2 Å². The Hall–Kier alpha value is -2.09. The molecule has 2 amide bonds. The van der Waals surface area contributed by atoms with E-state index in [1.54, 1.807) is 11.4 Å². The van der Waals surface area contributed by atoms with E-state index < -0.39 is 5.91 Å². The average Bonchev–Trinajstić information content (AvgIpc) is 3.24. The van der Waals surface area contributed by atoms with Crippen LogP contribution in [0.2, 0.25) is 5.02 Å². The first-order valence-electron chi connectivity index (χ1n) is 7.93. The molecule has 1 fully saturated rings. The van der Waals surface area contributed by atoms with Crippen molar-refractivity contribution in [1.82, 2.24) is 10.6 Å². The molecule has 1 unspecified atom stereocenters. The van der Waals surface area contributed by atoms with Gasteiger partial charge in [-0.15, -0.1) is 11.3 Å². The molecule has 4 N–H and O–H groups in total. The van der Waals surface area contributed by atoms with E-state index in [2.05, 4.69) is 16.0 Å². The van der Waals surface area contributed by atoms with E-state index in [9.17, 15) is 14.7 Å². The summed E-state index contributed by atoms with van der Waals surface area (Å²) < 4.78 is 0. The first-order valence-corrected chi connectivity index (χ1v) is 9.19. The summed E-state index contributed by atoms with van der Waals surface area (Å²) in [4.78, 5) is 24.7. The van der Waals surface area contributed by atoms with E-state index in [1.165, 1.54) is 29.5 Å². The number of anilines is 1. The maximum atomic E-state index is 12.4. The number of aromatic hydroxyl groups is 1. The van der Waals surface area contributed by atoms with E-state index in [4.69, 9.17) is 11.6 Å². The van der Waals surface area contributed by atoms with Crippen molar-refractivity contribution in [1.29, 1.82) is 0 Å². The number of rotatable bonds is 5.